The average molecular weight is 409 g/mol. The van der Waals surface area contributed by atoms with E-state index in [0.717, 1.165) is 20.8 Å². The third kappa shape index (κ3) is 3.96. The predicted molar refractivity (Wildman–Crippen MR) is 114 cm³/mol. The van der Waals surface area contributed by atoms with Gasteiger partial charge in [-0.1, -0.05) is 41.9 Å². The molecule has 1 heterocycles. The number of nitrogens with zero attached hydrogens (tertiary/aromatic N) is 1. The second-order valence-corrected chi connectivity index (χ2v) is 7.47. The van der Waals surface area contributed by atoms with Crippen molar-refractivity contribution in [3.63, 3.8) is 0 Å². The molecule has 0 aliphatic carbocycles. The first kappa shape index (κ1) is 18.3. The minimum Gasteiger partial charge on any atom is -0.322 e. The van der Waals surface area contributed by atoms with E-state index in [-0.39, 0.29) is 10.9 Å². The highest BCUT2D eigenvalue weighted by Crippen LogP contribution is 2.34. The summed E-state index contributed by atoms with van der Waals surface area (Å²) < 4.78 is 14.3. The highest BCUT2D eigenvalue weighted by atomic mass is 35.5. The van der Waals surface area contributed by atoms with Crippen molar-refractivity contribution in [2.75, 3.05) is 5.32 Å². The van der Waals surface area contributed by atoms with E-state index < -0.39 is 5.82 Å². The van der Waals surface area contributed by atoms with Crippen LogP contribution in [-0.4, -0.2) is 10.9 Å². The maximum atomic E-state index is 13.2. The highest BCUT2D eigenvalue weighted by Gasteiger charge is 2.11. The Morgan fingerprint density at radius 2 is 1.86 bits per heavy atom. The summed E-state index contributed by atoms with van der Waals surface area (Å²) >= 11 is 7.34. The van der Waals surface area contributed by atoms with Crippen LogP contribution >= 0.6 is 22.9 Å². The molecule has 1 amide bonds. The molecule has 4 aromatic rings. The van der Waals surface area contributed by atoms with Crippen LogP contribution in [0.2, 0.25) is 5.02 Å². The molecule has 4 rings (SSSR count). The van der Waals surface area contributed by atoms with Gasteiger partial charge in [-0.15, -0.1) is 11.3 Å². The first-order valence-electron chi connectivity index (χ1n) is 8.49. The lowest BCUT2D eigenvalue weighted by atomic mass is 10.1. The third-order valence-corrected chi connectivity index (χ3v) is 5.44. The largest absolute Gasteiger partial charge is 0.322 e. The molecule has 28 heavy (non-hydrogen) atoms. The maximum Gasteiger partial charge on any atom is 0.248 e. The summed E-state index contributed by atoms with van der Waals surface area (Å²) in [5, 5.41) is 3.74. The molecule has 3 aromatic carbocycles. The van der Waals surface area contributed by atoms with E-state index in [1.165, 1.54) is 18.2 Å². The van der Waals surface area contributed by atoms with Gasteiger partial charge in [-0.3, -0.25) is 4.79 Å². The minimum atomic E-state index is -0.493. The van der Waals surface area contributed by atoms with Gasteiger partial charge in [-0.2, -0.15) is 0 Å². The molecule has 0 spiro atoms. The lowest BCUT2D eigenvalue weighted by Gasteiger charge is -2.07. The molecule has 0 fully saturated rings. The second kappa shape index (κ2) is 7.92. The van der Waals surface area contributed by atoms with Gasteiger partial charge in [0.2, 0.25) is 5.91 Å². The van der Waals surface area contributed by atoms with E-state index in [9.17, 15) is 9.18 Å². The number of para-hydroxylation sites is 2. The monoisotopic (exact) mass is 408 g/mol. The van der Waals surface area contributed by atoms with Crippen molar-refractivity contribution >= 4 is 50.8 Å². The topological polar surface area (TPSA) is 42.0 Å². The van der Waals surface area contributed by atoms with Crippen molar-refractivity contribution in [1.82, 2.24) is 4.98 Å². The number of halogens is 2. The predicted octanol–water partition coefficient (Wildman–Crippen LogP) is 6.41. The van der Waals surface area contributed by atoms with Crippen LogP contribution in [0.1, 0.15) is 5.56 Å². The summed E-state index contributed by atoms with van der Waals surface area (Å²) in [5.41, 5.74) is 3.10. The average Bonchev–Trinajstić information content (AvgIpc) is 3.13. The van der Waals surface area contributed by atoms with Gasteiger partial charge in [-0.05, 0) is 48.0 Å². The Labute approximate surface area is 170 Å². The number of thiazole rings is 1. The standard InChI is InChI=1S/C22H14ClFN2OS/c23-16-13-14(9-11-17(16)24)10-12-21(27)25-18-6-2-1-5-15(18)22-26-19-7-3-4-8-20(19)28-22/h1-13H,(H,25,27)/b12-10+. The number of hydrogen-bond donors (Lipinski definition) is 1. The summed E-state index contributed by atoms with van der Waals surface area (Å²) in [6.07, 6.45) is 2.97. The number of fused-ring (bicyclic) bond motifs is 1. The molecule has 0 atom stereocenters. The molecule has 1 aromatic heterocycles. The second-order valence-electron chi connectivity index (χ2n) is 6.03. The summed E-state index contributed by atoms with van der Waals surface area (Å²) in [5.74, 6) is -0.790. The van der Waals surface area contributed by atoms with Gasteiger partial charge in [0.05, 0.1) is 20.9 Å². The molecule has 0 aliphatic heterocycles. The molecule has 0 saturated heterocycles. The first-order chi connectivity index (χ1) is 13.6. The van der Waals surface area contributed by atoms with Crippen LogP contribution in [0.3, 0.4) is 0 Å². The van der Waals surface area contributed by atoms with E-state index in [2.05, 4.69) is 10.3 Å². The molecule has 6 heteroatoms. The SMILES string of the molecule is O=C(/C=C/c1ccc(F)c(Cl)c1)Nc1ccccc1-c1nc2ccccc2s1. The van der Waals surface area contributed by atoms with Gasteiger partial charge in [0.1, 0.15) is 10.8 Å². The molecule has 0 saturated carbocycles. The zero-order valence-electron chi connectivity index (χ0n) is 14.5. The van der Waals surface area contributed by atoms with Gasteiger partial charge >= 0.3 is 0 Å². The fraction of sp³-hybridized carbons (Fsp3) is 0. The first-order valence-corrected chi connectivity index (χ1v) is 9.69. The zero-order chi connectivity index (χ0) is 19.5. The number of hydrogen-bond acceptors (Lipinski definition) is 3. The van der Waals surface area contributed by atoms with Gasteiger partial charge in [0.25, 0.3) is 0 Å². The molecule has 0 aliphatic rings. The number of rotatable bonds is 4. The highest BCUT2D eigenvalue weighted by molar-refractivity contribution is 7.21. The van der Waals surface area contributed by atoms with E-state index >= 15 is 0 Å². The molecular weight excluding hydrogens is 395 g/mol. The van der Waals surface area contributed by atoms with E-state index in [4.69, 9.17) is 11.6 Å². The third-order valence-electron chi connectivity index (χ3n) is 4.08. The summed E-state index contributed by atoms with van der Waals surface area (Å²) in [6.45, 7) is 0. The number of anilines is 1. The van der Waals surface area contributed by atoms with E-state index in [1.807, 2.05) is 48.5 Å². The smallest absolute Gasteiger partial charge is 0.248 e. The quantitative estimate of drug-likeness (QED) is 0.396. The molecular formula is C22H14ClFN2OS. The van der Waals surface area contributed by atoms with Crippen LogP contribution in [0.5, 0.6) is 0 Å². The molecule has 0 unspecified atom stereocenters. The Balaban J connectivity index is 1.57. The number of carbonyl (C=O) groups is 1. The Morgan fingerprint density at radius 3 is 2.68 bits per heavy atom. The van der Waals surface area contributed by atoms with Crippen molar-refractivity contribution < 1.29 is 9.18 Å². The van der Waals surface area contributed by atoms with Crippen LogP contribution in [0, 0.1) is 5.82 Å². The molecule has 138 valence electrons. The Kier molecular flexibility index (Phi) is 5.19. The van der Waals surface area contributed by atoms with Crippen LogP contribution in [-0.2, 0) is 4.79 Å². The van der Waals surface area contributed by atoms with Gasteiger partial charge in [0, 0.05) is 11.6 Å². The normalized spacial score (nSPS) is 11.2. The van der Waals surface area contributed by atoms with Crippen molar-refractivity contribution in [1.29, 1.82) is 0 Å². The van der Waals surface area contributed by atoms with Gasteiger partial charge in [-0.25, -0.2) is 9.37 Å². The zero-order valence-corrected chi connectivity index (χ0v) is 16.1. The minimum absolute atomic E-state index is 0.0174. The molecule has 0 bridgehead atoms. The van der Waals surface area contributed by atoms with Gasteiger partial charge < -0.3 is 5.32 Å². The number of carbonyl (C=O) groups excluding carboxylic acids is 1. The molecule has 0 radical (unpaired) electrons. The van der Waals surface area contributed by atoms with Crippen molar-refractivity contribution in [3.05, 3.63) is 89.2 Å². The van der Waals surface area contributed by atoms with Crippen LogP contribution in [0.4, 0.5) is 10.1 Å². The van der Waals surface area contributed by atoms with E-state index in [0.29, 0.717) is 11.3 Å². The summed E-state index contributed by atoms with van der Waals surface area (Å²) in [4.78, 5) is 17.0. The van der Waals surface area contributed by atoms with Crippen molar-refractivity contribution in [2.45, 2.75) is 0 Å². The van der Waals surface area contributed by atoms with Crippen LogP contribution in [0.25, 0.3) is 26.9 Å². The lowest BCUT2D eigenvalue weighted by Crippen LogP contribution is -2.08. The summed E-state index contributed by atoms with van der Waals surface area (Å²) in [6, 6.07) is 19.7. The van der Waals surface area contributed by atoms with E-state index in [1.54, 1.807) is 23.5 Å². The van der Waals surface area contributed by atoms with Crippen LogP contribution in [0.15, 0.2) is 72.8 Å². The summed E-state index contributed by atoms with van der Waals surface area (Å²) in [7, 11) is 0. The maximum absolute atomic E-state index is 13.2. The van der Waals surface area contributed by atoms with Crippen molar-refractivity contribution in [2.24, 2.45) is 0 Å². The Hall–Kier alpha value is -3.02. The van der Waals surface area contributed by atoms with Crippen molar-refractivity contribution in [3.8, 4) is 10.6 Å². The Morgan fingerprint density at radius 1 is 1.07 bits per heavy atom. The lowest BCUT2D eigenvalue weighted by molar-refractivity contribution is -0.111. The number of amides is 1. The number of aromatic nitrogens is 1. The van der Waals surface area contributed by atoms with Gasteiger partial charge in [0.15, 0.2) is 0 Å². The Bertz CT molecular complexity index is 1170. The fourth-order valence-electron chi connectivity index (χ4n) is 2.73. The fourth-order valence-corrected chi connectivity index (χ4v) is 3.92. The van der Waals surface area contributed by atoms with Crippen LogP contribution < -0.4 is 5.32 Å². The molecule has 3 nitrogen and oxygen atoms in total. The molecule has 1 N–H and O–H groups in total. The number of nitrogens with one attached hydrogen (secondary N) is 1. The number of benzene rings is 3.